The standard InChI is InChI=1S/C21H35N3O3.HI/c1-5-22-21(24-11-9-19(15-24)16-27-13-12-25-3)23-10-8-18-7-6-17(2)20(14-18)26-4;/h6-7,14,19H,5,8-13,15-16H2,1-4H3,(H,22,23);1H. The van der Waals surface area contributed by atoms with Gasteiger partial charge in [0.25, 0.3) is 0 Å². The molecule has 28 heavy (non-hydrogen) atoms. The summed E-state index contributed by atoms with van der Waals surface area (Å²) in [4.78, 5) is 7.19. The molecule has 1 N–H and O–H groups in total. The van der Waals surface area contributed by atoms with Gasteiger partial charge in [-0.15, -0.1) is 24.0 Å². The Morgan fingerprint density at radius 2 is 2.11 bits per heavy atom. The number of rotatable bonds is 10. The van der Waals surface area contributed by atoms with E-state index in [4.69, 9.17) is 19.2 Å². The minimum Gasteiger partial charge on any atom is -0.496 e. The van der Waals surface area contributed by atoms with Gasteiger partial charge in [-0.1, -0.05) is 12.1 Å². The molecule has 1 unspecified atom stereocenters. The molecule has 0 amide bonds. The number of hydrogen-bond donors (Lipinski definition) is 1. The summed E-state index contributed by atoms with van der Waals surface area (Å²) in [5.41, 5.74) is 2.41. The average Bonchev–Trinajstić information content (AvgIpc) is 3.14. The van der Waals surface area contributed by atoms with Crippen LogP contribution in [0.4, 0.5) is 0 Å². The molecule has 1 aliphatic heterocycles. The SMILES string of the molecule is CCNC(=NCCc1ccc(C)c(OC)c1)N1CCC(COCCOC)C1.I. The van der Waals surface area contributed by atoms with Crippen molar-refractivity contribution in [2.45, 2.75) is 26.7 Å². The zero-order valence-electron chi connectivity index (χ0n) is 17.7. The lowest BCUT2D eigenvalue weighted by molar-refractivity contribution is 0.0536. The maximum atomic E-state index is 5.69. The van der Waals surface area contributed by atoms with Crippen LogP contribution < -0.4 is 10.1 Å². The molecular weight excluding hydrogens is 469 g/mol. The van der Waals surface area contributed by atoms with Gasteiger partial charge in [0.2, 0.25) is 0 Å². The van der Waals surface area contributed by atoms with Gasteiger partial charge in [-0.05, 0) is 43.9 Å². The molecule has 1 saturated heterocycles. The van der Waals surface area contributed by atoms with E-state index in [1.54, 1.807) is 14.2 Å². The maximum Gasteiger partial charge on any atom is 0.193 e. The van der Waals surface area contributed by atoms with Crippen LogP contribution in [0.1, 0.15) is 24.5 Å². The molecule has 7 heteroatoms. The molecule has 1 aromatic carbocycles. The van der Waals surface area contributed by atoms with Gasteiger partial charge in [-0.25, -0.2) is 0 Å². The van der Waals surface area contributed by atoms with Crippen LogP contribution >= 0.6 is 24.0 Å². The van der Waals surface area contributed by atoms with E-state index in [1.807, 2.05) is 0 Å². The summed E-state index contributed by atoms with van der Waals surface area (Å²) in [6.45, 7) is 9.96. The minimum absolute atomic E-state index is 0. The quantitative estimate of drug-likeness (QED) is 0.229. The molecular formula is C21H36IN3O3. The number of aliphatic imine (C=N–C) groups is 1. The molecule has 0 spiro atoms. The molecule has 0 aromatic heterocycles. The van der Waals surface area contributed by atoms with Crippen LogP contribution in [0.15, 0.2) is 23.2 Å². The highest BCUT2D eigenvalue weighted by atomic mass is 127. The van der Waals surface area contributed by atoms with Crippen molar-refractivity contribution in [3.05, 3.63) is 29.3 Å². The summed E-state index contributed by atoms with van der Waals surface area (Å²) in [5, 5.41) is 3.43. The Kier molecular flexibility index (Phi) is 12.5. The van der Waals surface area contributed by atoms with Crippen molar-refractivity contribution in [2.75, 3.05) is 60.2 Å². The monoisotopic (exact) mass is 505 g/mol. The minimum atomic E-state index is 0. The molecule has 1 heterocycles. The van der Waals surface area contributed by atoms with Crippen LogP contribution in [-0.2, 0) is 15.9 Å². The fraction of sp³-hybridized carbons (Fsp3) is 0.667. The largest absolute Gasteiger partial charge is 0.496 e. The third-order valence-electron chi connectivity index (χ3n) is 4.84. The second kappa shape index (κ2) is 14.0. The van der Waals surface area contributed by atoms with E-state index in [1.165, 1.54) is 5.56 Å². The number of hydrogen-bond acceptors (Lipinski definition) is 4. The Labute approximate surface area is 187 Å². The fourth-order valence-electron chi connectivity index (χ4n) is 3.29. The Balaban J connectivity index is 0.00000392. The molecule has 0 aliphatic carbocycles. The Morgan fingerprint density at radius 1 is 1.29 bits per heavy atom. The van der Waals surface area contributed by atoms with Gasteiger partial charge in [-0.3, -0.25) is 4.99 Å². The lowest BCUT2D eigenvalue weighted by atomic mass is 10.1. The average molecular weight is 505 g/mol. The summed E-state index contributed by atoms with van der Waals surface area (Å²) >= 11 is 0. The van der Waals surface area contributed by atoms with E-state index in [0.717, 1.165) is 62.9 Å². The Hall–Kier alpha value is -1.06. The molecule has 1 aromatic rings. The van der Waals surface area contributed by atoms with Crippen molar-refractivity contribution in [2.24, 2.45) is 10.9 Å². The van der Waals surface area contributed by atoms with E-state index in [0.29, 0.717) is 19.1 Å². The first-order valence-electron chi connectivity index (χ1n) is 9.91. The first kappa shape index (κ1) is 25.0. The highest BCUT2D eigenvalue weighted by Gasteiger charge is 2.24. The number of aryl methyl sites for hydroxylation is 1. The number of likely N-dealkylation sites (tertiary alicyclic amines) is 1. The zero-order chi connectivity index (χ0) is 19.5. The molecule has 2 rings (SSSR count). The van der Waals surface area contributed by atoms with E-state index in [2.05, 4.69) is 42.3 Å². The number of nitrogens with zero attached hydrogens (tertiary/aromatic N) is 2. The van der Waals surface area contributed by atoms with Gasteiger partial charge in [0.15, 0.2) is 5.96 Å². The highest BCUT2D eigenvalue weighted by molar-refractivity contribution is 14.0. The fourth-order valence-corrected chi connectivity index (χ4v) is 3.29. The maximum absolute atomic E-state index is 5.69. The Bertz CT molecular complexity index is 598. The lowest BCUT2D eigenvalue weighted by Gasteiger charge is -2.21. The van der Waals surface area contributed by atoms with E-state index in [9.17, 15) is 0 Å². The van der Waals surface area contributed by atoms with Crippen molar-refractivity contribution in [1.29, 1.82) is 0 Å². The van der Waals surface area contributed by atoms with Crippen LogP contribution in [0.5, 0.6) is 5.75 Å². The zero-order valence-corrected chi connectivity index (χ0v) is 20.0. The van der Waals surface area contributed by atoms with E-state index in [-0.39, 0.29) is 24.0 Å². The van der Waals surface area contributed by atoms with Gasteiger partial charge in [0.1, 0.15) is 5.75 Å². The summed E-state index contributed by atoms with van der Waals surface area (Å²) in [6.07, 6.45) is 2.05. The van der Waals surface area contributed by atoms with Gasteiger partial charge < -0.3 is 24.4 Å². The van der Waals surface area contributed by atoms with Gasteiger partial charge in [0, 0.05) is 39.2 Å². The lowest BCUT2D eigenvalue weighted by Crippen LogP contribution is -2.40. The van der Waals surface area contributed by atoms with Crippen LogP contribution in [0.3, 0.4) is 0 Å². The first-order chi connectivity index (χ1) is 13.2. The second-order valence-corrected chi connectivity index (χ2v) is 6.96. The van der Waals surface area contributed by atoms with Crippen molar-refractivity contribution in [1.82, 2.24) is 10.2 Å². The van der Waals surface area contributed by atoms with Crippen molar-refractivity contribution >= 4 is 29.9 Å². The molecule has 0 bridgehead atoms. The summed E-state index contributed by atoms with van der Waals surface area (Å²) in [5.74, 6) is 2.52. The second-order valence-electron chi connectivity index (χ2n) is 6.96. The van der Waals surface area contributed by atoms with Gasteiger partial charge >= 0.3 is 0 Å². The number of methoxy groups -OCH3 is 2. The summed E-state index contributed by atoms with van der Waals surface area (Å²) in [6, 6.07) is 6.38. The number of guanidine groups is 1. The molecule has 1 fully saturated rings. The van der Waals surface area contributed by atoms with Crippen LogP contribution in [0.25, 0.3) is 0 Å². The molecule has 1 atom stereocenters. The van der Waals surface area contributed by atoms with Crippen molar-refractivity contribution < 1.29 is 14.2 Å². The summed E-state index contributed by atoms with van der Waals surface area (Å²) < 4.78 is 16.1. The van der Waals surface area contributed by atoms with Crippen molar-refractivity contribution in [3.63, 3.8) is 0 Å². The number of halogens is 1. The third kappa shape index (κ3) is 8.13. The highest BCUT2D eigenvalue weighted by Crippen LogP contribution is 2.20. The smallest absolute Gasteiger partial charge is 0.193 e. The normalized spacial score (nSPS) is 16.8. The predicted octanol–water partition coefficient (Wildman–Crippen LogP) is 3.11. The molecule has 1 aliphatic rings. The molecule has 0 radical (unpaired) electrons. The molecule has 6 nitrogen and oxygen atoms in total. The topological polar surface area (TPSA) is 55.3 Å². The van der Waals surface area contributed by atoms with Gasteiger partial charge in [0.05, 0.1) is 26.9 Å². The Morgan fingerprint density at radius 3 is 2.82 bits per heavy atom. The number of ether oxygens (including phenoxy) is 3. The summed E-state index contributed by atoms with van der Waals surface area (Å²) in [7, 11) is 3.42. The van der Waals surface area contributed by atoms with E-state index >= 15 is 0 Å². The van der Waals surface area contributed by atoms with Crippen LogP contribution in [0.2, 0.25) is 0 Å². The number of nitrogens with one attached hydrogen (secondary N) is 1. The van der Waals surface area contributed by atoms with Crippen molar-refractivity contribution in [3.8, 4) is 5.75 Å². The van der Waals surface area contributed by atoms with Crippen LogP contribution in [-0.4, -0.2) is 71.1 Å². The van der Waals surface area contributed by atoms with Gasteiger partial charge in [-0.2, -0.15) is 0 Å². The van der Waals surface area contributed by atoms with E-state index < -0.39 is 0 Å². The molecule has 160 valence electrons. The number of benzene rings is 1. The van der Waals surface area contributed by atoms with Crippen LogP contribution in [0, 0.1) is 12.8 Å². The first-order valence-corrected chi connectivity index (χ1v) is 9.91. The molecule has 0 saturated carbocycles. The predicted molar refractivity (Wildman–Crippen MR) is 125 cm³/mol. The third-order valence-corrected chi connectivity index (χ3v) is 4.84.